The Morgan fingerprint density at radius 1 is 1.05 bits per heavy atom. The molecule has 2 aromatic heterocycles. The van der Waals surface area contributed by atoms with Crippen molar-refractivity contribution < 1.29 is 19.1 Å². The first-order chi connectivity index (χ1) is 17.8. The van der Waals surface area contributed by atoms with Crippen molar-refractivity contribution in [1.82, 2.24) is 19.8 Å². The third-order valence-corrected chi connectivity index (χ3v) is 6.56. The van der Waals surface area contributed by atoms with E-state index in [0.717, 1.165) is 21.8 Å². The standard InChI is InChI=1S/C28H29N5O4/c1-16(34)30-17-9-10-24-20(11-17)22(15-33(24)14-18(37-4)13-32(2)3)26-25(27(35)31-28(26)36)21-12-29-23-8-6-5-7-19(21)23/h5-12,15,18,29H,13-14H2,1-4H3,(H,30,34)(H,31,35,36). The van der Waals surface area contributed by atoms with Gasteiger partial charge >= 0.3 is 0 Å². The van der Waals surface area contributed by atoms with Crippen LogP contribution in [0.3, 0.4) is 0 Å². The maximum Gasteiger partial charge on any atom is 0.259 e. The van der Waals surface area contributed by atoms with Gasteiger partial charge in [0.1, 0.15) is 0 Å². The highest BCUT2D eigenvalue weighted by molar-refractivity contribution is 6.50. The van der Waals surface area contributed by atoms with Gasteiger partial charge in [-0.2, -0.15) is 0 Å². The van der Waals surface area contributed by atoms with Crippen LogP contribution in [0.25, 0.3) is 33.0 Å². The summed E-state index contributed by atoms with van der Waals surface area (Å²) in [5.41, 5.74) is 4.25. The highest BCUT2D eigenvalue weighted by Crippen LogP contribution is 2.39. The lowest BCUT2D eigenvalue weighted by Gasteiger charge is -2.20. The number of para-hydroxylation sites is 1. The van der Waals surface area contributed by atoms with Gasteiger partial charge in [-0.15, -0.1) is 0 Å². The van der Waals surface area contributed by atoms with Crippen molar-refractivity contribution in [2.45, 2.75) is 19.6 Å². The summed E-state index contributed by atoms with van der Waals surface area (Å²) in [5, 5.41) is 6.92. The van der Waals surface area contributed by atoms with Crippen LogP contribution in [0.2, 0.25) is 0 Å². The molecule has 1 unspecified atom stereocenters. The Kier molecular flexibility index (Phi) is 6.41. The number of imide groups is 1. The number of nitrogens with one attached hydrogen (secondary N) is 3. The first-order valence-electron chi connectivity index (χ1n) is 12.0. The summed E-state index contributed by atoms with van der Waals surface area (Å²) in [6, 6.07) is 13.2. The molecule has 1 aliphatic heterocycles. The lowest BCUT2D eigenvalue weighted by Crippen LogP contribution is -2.31. The zero-order chi connectivity index (χ0) is 26.3. The molecule has 1 aliphatic rings. The number of rotatable bonds is 8. The number of hydrogen-bond acceptors (Lipinski definition) is 5. The van der Waals surface area contributed by atoms with Crippen molar-refractivity contribution in [3.63, 3.8) is 0 Å². The molecule has 2 aromatic carbocycles. The van der Waals surface area contributed by atoms with Crippen molar-refractivity contribution in [1.29, 1.82) is 0 Å². The molecule has 0 fully saturated rings. The van der Waals surface area contributed by atoms with Crippen LogP contribution in [0, 0.1) is 0 Å². The van der Waals surface area contributed by atoms with E-state index in [9.17, 15) is 14.4 Å². The van der Waals surface area contributed by atoms with Gasteiger partial charge in [0.15, 0.2) is 0 Å². The van der Waals surface area contributed by atoms with Crippen LogP contribution in [0.15, 0.2) is 54.9 Å². The molecular weight excluding hydrogens is 470 g/mol. The second-order valence-corrected chi connectivity index (χ2v) is 9.51. The Morgan fingerprint density at radius 2 is 1.78 bits per heavy atom. The average molecular weight is 500 g/mol. The molecule has 3 heterocycles. The van der Waals surface area contributed by atoms with E-state index in [2.05, 4.69) is 20.5 Å². The zero-order valence-corrected chi connectivity index (χ0v) is 21.2. The van der Waals surface area contributed by atoms with E-state index in [1.165, 1.54) is 6.92 Å². The van der Waals surface area contributed by atoms with Crippen molar-refractivity contribution >= 4 is 56.4 Å². The summed E-state index contributed by atoms with van der Waals surface area (Å²) in [7, 11) is 5.64. The maximum atomic E-state index is 13.3. The summed E-state index contributed by atoms with van der Waals surface area (Å²) < 4.78 is 7.76. The van der Waals surface area contributed by atoms with Crippen LogP contribution in [-0.4, -0.2) is 66.0 Å². The Labute approximate surface area is 214 Å². The lowest BCUT2D eigenvalue weighted by molar-refractivity contribution is -0.123. The average Bonchev–Trinajstić information content (AvgIpc) is 3.50. The van der Waals surface area contributed by atoms with Gasteiger partial charge in [0.2, 0.25) is 5.91 Å². The number of nitrogens with zero attached hydrogens (tertiary/aromatic N) is 2. The van der Waals surface area contributed by atoms with E-state index in [-0.39, 0.29) is 12.0 Å². The number of likely N-dealkylation sites (N-methyl/N-ethyl adjacent to an activating group) is 1. The molecule has 4 aromatic rings. The van der Waals surface area contributed by atoms with Gasteiger partial charge in [-0.3, -0.25) is 19.7 Å². The lowest BCUT2D eigenvalue weighted by atomic mass is 9.95. The Bertz CT molecular complexity index is 1580. The van der Waals surface area contributed by atoms with E-state index >= 15 is 0 Å². The SMILES string of the molecule is COC(CN(C)C)Cn1cc(C2=C(c3c[nH]c4ccccc34)C(=O)NC2=O)c2cc(NC(C)=O)ccc21. The third kappa shape index (κ3) is 4.54. The van der Waals surface area contributed by atoms with E-state index in [4.69, 9.17) is 4.74 Å². The molecule has 1 atom stereocenters. The second-order valence-electron chi connectivity index (χ2n) is 9.51. The predicted molar refractivity (Wildman–Crippen MR) is 144 cm³/mol. The number of methoxy groups -OCH3 is 1. The summed E-state index contributed by atoms with van der Waals surface area (Å²) in [5.74, 6) is -1.09. The van der Waals surface area contributed by atoms with Gasteiger partial charge in [-0.25, -0.2) is 0 Å². The number of ether oxygens (including phenoxy) is 1. The molecule has 37 heavy (non-hydrogen) atoms. The monoisotopic (exact) mass is 499 g/mol. The minimum atomic E-state index is -0.453. The largest absolute Gasteiger partial charge is 0.378 e. The number of carbonyl (C=O) groups is 3. The number of aromatic nitrogens is 2. The topological polar surface area (TPSA) is 108 Å². The summed E-state index contributed by atoms with van der Waals surface area (Å²) in [6.07, 6.45) is 3.55. The normalized spacial score (nSPS) is 14.7. The Balaban J connectivity index is 1.74. The quantitative estimate of drug-likeness (QED) is 0.323. The molecule has 0 saturated heterocycles. The van der Waals surface area contributed by atoms with Crippen molar-refractivity contribution in [2.75, 3.05) is 33.1 Å². The van der Waals surface area contributed by atoms with Gasteiger partial charge in [0, 0.05) is 71.6 Å². The number of fused-ring (bicyclic) bond motifs is 2. The fourth-order valence-corrected chi connectivity index (χ4v) is 5.01. The molecule has 9 nitrogen and oxygen atoms in total. The first-order valence-corrected chi connectivity index (χ1v) is 12.0. The highest BCUT2D eigenvalue weighted by atomic mass is 16.5. The smallest absolute Gasteiger partial charge is 0.259 e. The molecule has 0 aliphatic carbocycles. The molecule has 3 amide bonds. The van der Waals surface area contributed by atoms with Crippen LogP contribution in [0.5, 0.6) is 0 Å². The van der Waals surface area contributed by atoms with Crippen LogP contribution >= 0.6 is 0 Å². The number of H-pyrrole nitrogens is 1. The van der Waals surface area contributed by atoms with Crippen molar-refractivity contribution in [2.24, 2.45) is 0 Å². The Hall–Kier alpha value is -4.21. The van der Waals surface area contributed by atoms with E-state index in [1.807, 2.05) is 67.3 Å². The molecule has 0 bridgehead atoms. The number of carbonyl (C=O) groups excluding carboxylic acids is 3. The summed E-state index contributed by atoms with van der Waals surface area (Å²) >= 11 is 0. The molecule has 0 saturated carbocycles. The highest BCUT2D eigenvalue weighted by Gasteiger charge is 2.35. The number of aromatic amines is 1. The molecule has 3 N–H and O–H groups in total. The van der Waals surface area contributed by atoms with E-state index in [0.29, 0.717) is 41.1 Å². The minimum Gasteiger partial charge on any atom is -0.378 e. The van der Waals surface area contributed by atoms with Crippen molar-refractivity contribution in [3.05, 3.63) is 66.0 Å². The van der Waals surface area contributed by atoms with Gasteiger partial charge < -0.3 is 24.5 Å². The number of benzene rings is 2. The predicted octanol–water partition coefficient (Wildman–Crippen LogP) is 3.22. The first kappa shape index (κ1) is 24.5. The van der Waals surface area contributed by atoms with Crippen LogP contribution < -0.4 is 10.6 Å². The third-order valence-electron chi connectivity index (χ3n) is 6.56. The molecule has 9 heteroatoms. The molecular formula is C28H29N5O4. The molecule has 0 radical (unpaired) electrons. The summed E-state index contributed by atoms with van der Waals surface area (Å²) in [6.45, 7) is 2.69. The van der Waals surface area contributed by atoms with E-state index < -0.39 is 11.8 Å². The fourth-order valence-electron chi connectivity index (χ4n) is 5.01. The zero-order valence-electron chi connectivity index (χ0n) is 21.2. The maximum absolute atomic E-state index is 13.3. The Morgan fingerprint density at radius 3 is 2.49 bits per heavy atom. The van der Waals surface area contributed by atoms with Gasteiger partial charge in [-0.1, -0.05) is 18.2 Å². The number of hydrogen-bond donors (Lipinski definition) is 3. The molecule has 190 valence electrons. The van der Waals surface area contributed by atoms with Crippen LogP contribution in [0.1, 0.15) is 18.1 Å². The van der Waals surface area contributed by atoms with Crippen LogP contribution in [0.4, 0.5) is 5.69 Å². The second kappa shape index (κ2) is 9.68. The van der Waals surface area contributed by atoms with Gasteiger partial charge in [0.25, 0.3) is 11.8 Å². The molecule has 0 spiro atoms. The minimum absolute atomic E-state index is 0.102. The summed E-state index contributed by atoms with van der Waals surface area (Å²) in [4.78, 5) is 43.4. The number of anilines is 1. The van der Waals surface area contributed by atoms with Gasteiger partial charge in [-0.05, 0) is 38.4 Å². The molecule has 5 rings (SSSR count). The van der Waals surface area contributed by atoms with Crippen LogP contribution in [-0.2, 0) is 25.7 Å². The van der Waals surface area contributed by atoms with Gasteiger partial charge in [0.05, 0.1) is 23.8 Å². The van der Waals surface area contributed by atoms with E-state index in [1.54, 1.807) is 13.3 Å². The van der Waals surface area contributed by atoms with Crippen molar-refractivity contribution in [3.8, 4) is 0 Å². The fraction of sp³-hybridized carbons (Fsp3) is 0.250. The number of amides is 3.